The lowest BCUT2D eigenvalue weighted by atomic mass is 9.63. The van der Waals surface area contributed by atoms with Crippen LogP contribution < -0.4 is 10.2 Å². The zero-order chi connectivity index (χ0) is 22.1. The van der Waals surface area contributed by atoms with Crippen molar-refractivity contribution in [1.82, 2.24) is 0 Å². The largest absolute Gasteiger partial charge is 0.322 e. The van der Waals surface area contributed by atoms with Crippen molar-refractivity contribution >= 4 is 34.9 Å². The van der Waals surface area contributed by atoms with Crippen molar-refractivity contribution < 1.29 is 19.2 Å². The number of Topliss-reactive ketones (excluding diaryl/α,β-unsaturated/α-hetero) is 1. The van der Waals surface area contributed by atoms with Crippen molar-refractivity contribution in [3.05, 3.63) is 71.8 Å². The maximum atomic E-state index is 13.3. The van der Waals surface area contributed by atoms with Gasteiger partial charge in [-0.2, -0.15) is 0 Å². The molecule has 2 bridgehead atoms. The van der Waals surface area contributed by atoms with E-state index in [1.165, 1.54) is 11.8 Å². The highest BCUT2D eigenvalue weighted by Crippen LogP contribution is 2.65. The van der Waals surface area contributed by atoms with Gasteiger partial charge in [-0.05, 0) is 67.3 Å². The number of carbonyl (C=O) groups excluding carboxylic acids is 4. The maximum absolute atomic E-state index is 13.3. The number of imide groups is 1. The average molecular weight is 426 g/mol. The second-order valence-corrected chi connectivity index (χ2v) is 9.31. The van der Waals surface area contributed by atoms with Gasteiger partial charge in [0.25, 0.3) is 5.91 Å². The second-order valence-electron chi connectivity index (χ2n) is 9.31. The molecular formula is C26H22N2O4. The molecule has 160 valence electrons. The molecule has 32 heavy (non-hydrogen) atoms. The third-order valence-corrected chi connectivity index (χ3v) is 7.56. The molecule has 1 saturated heterocycles. The number of hydrogen-bond acceptors (Lipinski definition) is 4. The Balaban J connectivity index is 1.27. The fourth-order valence-electron chi connectivity index (χ4n) is 6.02. The van der Waals surface area contributed by atoms with Crippen LogP contribution in [-0.4, -0.2) is 23.5 Å². The average Bonchev–Trinajstić information content (AvgIpc) is 3.57. The van der Waals surface area contributed by atoms with Crippen LogP contribution in [0.4, 0.5) is 11.4 Å². The number of rotatable bonds is 4. The Labute approximate surface area is 185 Å². The van der Waals surface area contributed by atoms with Crippen molar-refractivity contribution in [3.8, 4) is 0 Å². The number of ketones is 1. The lowest BCUT2D eigenvalue weighted by Gasteiger charge is -2.37. The minimum atomic E-state index is -0.368. The minimum absolute atomic E-state index is 0.0864. The van der Waals surface area contributed by atoms with E-state index in [0.29, 0.717) is 34.3 Å². The molecule has 6 atom stereocenters. The Hall–Kier alpha value is -3.54. The van der Waals surface area contributed by atoms with E-state index in [9.17, 15) is 19.2 Å². The van der Waals surface area contributed by atoms with Crippen LogP contribution in [0.3, 0.4) is 0 Å². The third-order valence-electron chi connectivity index (χ3n) is 7.56. The first-order valence-electron chi connectivity index (χ1n) is 11.0. The summed E-state index contributed by atoms with van der Waals surface area (Å²) in [7, 11) is 0. The van der Waals surface area contributed by atoms with Crippen LogP contribution in [0.15, 0.2) is 60.7 Å². The summed E-state index contributed by atoms with van der Waals surface area (Å²) in [6.45, 7) is 1.47. The molecule has 6 unspecified atom stereocenters. The van der Waals surface area contributed by atoms with Crippen LogP contribution >= 0.6 is 0 Å². The van der Waals surface area contributed by atoms with Crippen molar-refractivity contribution in [2.45, 2.75) is 13.3 Å². The molecule has 7 rings (SSSR count). The molecule has 5 aliphatic rings. The number of benzene rings is 2. The molecule has 6 nitrogen and oxygen atoms in total. The summed E-state index contributed by atoms with van der Waals surface area (Å²) in [4.78, 5) is 52.4. The fourth-order valence-corrected chi connectivity index (χ4v) is 6.02. The van der Waals surface area contributed by atoms with Gasteiger partial charge in [0.1, 0.15) is 0 Å². The van der Waals surface area contributed by atoms with Gasteiger partial charge < -0.3 is 5.32 Å². The van der Waals surface area contributed by atoms with Crippen molar-refractivity contribution in [1.29, 1.82) is 0 Å². The van der Waals surface area contributed by atoms with E-state index < -0.39 is 0 Å². The molecule has 1 aliphatic heterocycles. The summed E-state index contributed by atoms with van der Waals surface area (Å²) in [5.74, 6) is 0.141. The van der Waals surface area contributed by atoms with Gasteiger partial charge in [-0.25, -0.2) is 4.90 Å². The minimum Gasteiger partial charge on any atom is -0.322 e. The Morgan fingerprint density at radius 1 is 0.875 bits per heavy atom. The van der Waals surface area contributed by atoms with Crippen molar-refractivity contribution in [3.63, 3.8) is 0 Å². The molecule has 0 radical (unpaired) electrons. The van der Waals surface area contributed by atoms with Crippen LogP contribution in [0.2, 0.25) is 0 Å². The number of nitrogens with zero attached hydrogens (tertiary/aromatic N) is 1. The van der Waals surface area contributed by atoms with Crippen molar-refractivity contribution in [2.24, 2.45) is 35.5 Å². The predicted octanol–water partition coefficient (Wildman–Crippen LogP) is 3.70. The SMILES string of the molecule is CC(=O)c1cccc(NC(=O)c2cccc(N3C(=O)C4C5C=CC(C6CC56)C4C3=O)c2)c1. The standard InChI is InChI=1S/C26H22N2O4/c1-13(29)14-4-2-6-16(10-14)27-24(30)15-5-3-7-17(11-15)28-25(31)22-18-8-9-19(21-12-20(18)21)23(22)26(28)32/h2-11,18-23H,12H2,1H3,(H,27,30). The van der Waals surface area contributed by atoms with Crippen molar-refractivity contribution in [2.75, 3.05) is 10.2 Å². The van der Waals surface area contributed by atoms with E-state index in [1.807, 2.05) is 0 Å². The van der Waals surface area contributed by atoms with Gasteiger partial charge in [0.15, 0.2) is 5.78 Å². The molecule has 3 amide bonds. The highest BCUT2D eigenvalue weighted by atomic mass is 16.2. The Morgan fingerprint density at radius 2 is 1.50 bits per heavy atom. The highest BCUT2D eigenvalue weighted by Gasteiger charge is 2.67. The normalized spacial score (nSPS) is 31.3. The predicted molar refractivity (Wildman–Crippen MR) is 118 cm³/mol. The summed E-state index contributed by atoms with van der Waals surface area (Å²) in [5, 5.41) is 2.79. The van der Waals surface area contributed by atoms with Gasteiger partial charge in [-0.1, -0.05) is 30.4 Å². The number of hydrogen-bond donors (Lipinski definition) is 1. The molecule has 2 aromatic rings. The number of nitrogens with one attached hydrogen (secondary N) is 1. The molecule has 2 aromatic carbocycles. The number of amides is 3. The molecule has 6 heteroatoms. The van der Waals surface area contributed by atoms with Gasteiger partial charge in [-0.15, -0.1) is 0 Å². The molecule has 0 spiro atoms. The van der Waals surface area contributed by atoms with Gasteiger partial charge in [0, 0.05) is 16.8 Å². The molecule has 3 fully saturated rings. The first-order chi connectivity index (χ1) is 15.4. The molecule has 0 aromatic heterocycles. The topological polar surface area (TPSA) is 83.6 Å². The van der Waals surface area contributed by atoms with E-state index in [0.717, 1.165) is 6.42 Å². The van der Waals surface area contributed by atoms with Crippen LogP contribution in [-0.2, 0) is 9.59 Å². The smallest absolute Gasteiger partial charge is 0.255 e. The number of carbonyl (C=O) groups is 4. The van der Waals surface area contributed by atoms with Gasteiger partial charge >= 0.3 is 0 Å². The molecule has 1 N–H and O–H groups in total. The maximum Gasteiger partial charge on any atom is 0.255 e. The lowest BCUT2D eigenvalue weighted by Crippen LogP contribution is -2.40. The van der Waals surface area contributed by atoms with Crippen LogP contribution in [0.25, 0.3) is 0 Å². The lowest BCUT2D eigenvalue weighted by molar-refractivity contribution is -0.124. The highest BCUT2D eigenvalue weighted by molar-refractivity contribution is 6.23. The summed E-state index contributed by atoms with van der Waals surface area (Å²) in [6.07, 6.45) is 5.41. The van der Waals surface area contributed by atoms with E-state index >= 15 is 0 Å². The monoisotopic (exact) mass is 426 g/mol. The van der Waals surface area contributed by atoms with E-state index in [4.69, 9.17) is 0 Å². The quantitative estimate of drug-likeness (QED) is 0.459. The van der Waals surface area contributed by atoms with E-state index in [2.05, 4.69) is 17.5 Å². The summed E-state index contributed by atoms with van der Waals surface area (Å²) < 4.78 is 0. The first-order valence-corrected chi connectivity index (χ1v) is 11.0. The molecule has 2 saturated carbocycles. The van der Waals surface area contributed by atoms with Crippen LogP contribution in [0, 0.1) is 35.5 Å². The van der Waals surface area contributed by atoms with E-state index in [1.54, 1.807) is 48.5 Å². The van der Waals surface area contributed by atoms with Gasteiger partial charge in [-0.3, -0.25) is 19.2 Å². The molecular weight excluding hydrogens is 404 g/mol. The zero-order valence-electron chi connectivity index (χ0n) is 17.5. The zero-order valence-corrected chi connectivity index (χ0v) is 17.5. The second kappa shape index (κ2) is 6.73. The van der Waals surface area contributed by atoms with Gasteiger partial charge in [0.2, 0.25) is 11.8 Å². The fraction of sp³-hybridized carbons (Fsp3) is 0.308. The molecule has 1 heterocycles. The van der Waals surface area contributed by atoms with Gasteiger partial charge in [0.05, 0.1) is 17.5 Å². The summed E-state index contributed by atoms with van der Waals surface area (Å²) in [5.41, 5.74) is 1.80. The summed E-state index contributed by atoms with van der Waals surface area (Å²) in [6, 6.07) is 13.4. The number of allylic oxidation sites excluding steroid dienone is 2. The summed E-state index contributed by atoms with van der Waals surface area (Å²) >= 11 is 0. The molecule has 4 aliphatic carbocycles. The Kier molecular flexibility index (Phi) is 4.03. The van der Waals surface area contributed by atoms with E-state index in [-0.39, 0.29) is 47.2 Å². The van der Waals surface area contributed by atoms with Crippen LogP contribution in [0.5, 0.6) is 0 Å². The number of anilines is 2. The Bertz CT molecular complexity index is 1200. The first kappa shape index (κ1) is 19.2. The third kappa shape index (κ3) is 2.72. The Morgan fingerprint density at radius 3 is 2.16 bits per heavy atom. The van der Waals surface area contributed by atoms with Crippen LogP contribution in [0.1, 0.15) is 34.1 Å².